The molecule has 0 amide bonds. The smallest absolute Gasteiger partial charge is 0.191 e. The summed E-state index contributed by atoms with van der Waals surface area (Å²) < 4.78 is 0. The van der Waals surface area contributed by atoms with Crippen LogP contribution >= 0.6 is 0 Å². The Hall–Kier alpha value is -0.730. The number of nitrogens with two attached hydrogens (primary N) is 1. The van der Waals surface area contributed by atoms with Gasteiger partial charge in [-0.3, -0.25) is 4.99 Å². The van der Waals surface area contributed by atoms with E-state index in [-0.39, 0.29) is 0 Å². The summed E-state index contributed by atoms with van der Waals surface area (Å²) in [6, 6.07) is 0.600. The first-order chi connectivity index (χ1) is 7.81. The summed E-state index contributed by atoms with van der Waals surface area (Å²) in [5, 5.41) is 0. The summed E-state index contributed by atoms with van der Waals surface area (Å²) in [7, 11) is 0. The molecule has 2 N–H and O–H groups in total. The molecule has 0 spiro atoms. The van der Waals surface area contributed by atoms with Gasteiger partial charge in [0.25, 0.3) is 0 Å². The zero-order chi connectivity index (χ0) is 11.4. The molecule has 1 fully saturated rings. The summed E-state index contributed by atoms with van der Waals surface area (Å²) in [4.78, 5) is 6.73. The Labute approximate surface area is 99.1 Å². The maximum atomic E-state index is 5.94. The Morgan fingerprint density at radius 2 is 2.06 bits per heavy atom. The molecule has 1 saturated carbocycles. The molecule has 0 aromatic carbocycles. The predicted octanol–water partition coefficient (Wildman–Crippen LogP) is 2.37. The molecule has 3 nitrogen and oxygen atoms in total. The van der Waals surface area contributed by atoms with Gasteiger partial charge in [0.2, 0.25) is 0 Å². The van der Waals surface area contributed by atoms with Crippen LogP contribution in [0.15, 0.2) is 4.99 Å². The van der Waals surface area contributed by atoms with Gasteiger partial charge >= 0.3 is 0 Å². The van der Waals surface area contributed by atoms with Crippen LogP contribution in [0.25, 0.3) is 0 Å². The first-order valence-electron chi connectivity index (χ1n) is 6.87. The second kappa shape index (κ2) is 5.55. The molecule has 2 aliphatic rings. The quantitative estimate of drug-likeness (QED) is 0.795. The van der Waals surface area contributed by atoms with Gasteiger partial charge in [0.05, 0.1) is 12.6 Å². The average Bonchev–Trinajstić information content (AvgIpc) is 2.64. The van der Waals surface area contributed by atoms with Crippen molar-refractivity contribution in [3.63, 3.8) is 0 Å². The lowest BCUT2D eigenvalue weighted by atomic mass is 9.84. The van der Waals surface area contributed by atoms with Crippen molar-refractivity contribution in [1.29, 1.82) is 0 Å². The zero-order valence-corrected chi connectivity index (χ0v) is 10.5. The molecule has 0 radical (unpaired) electrons. The van der Waals surface area contributed by atoms with Gasteiger partial charge in [0, 0.05) is 6.54 Å². The van der Waals surface area contributed by atoms with Gasteiger partial charge in [0.15, 0.2) is 5.96 Å². The number of guanidine groups is 1. The normalized spacial score (nSPS) is 27.2. The first kappa shape index (κ1) is 11.7. The van der Waals surface area contributed by atoms with Gasteiger partial charge < -0.3 is 10.6 Å². The fourth-order valence-electron chi connectivity index (χ4n) is 3.12. The third kappa shape index (κ3) is 2.69. The minimum atomic E-state index is 0.600. The number of nitrogens with zero attached hydrogens (tertiary/aromatic N) is 2. The van der Waals surface area contributed by atoms with E-state index in [0.29, 0.717) is 6.04 Å². The molecule has 92 valence electrons. The van der Waals surface area contributed by atoms with Crippen LogP contribution in [0.4, 0.5) is 0 Å². The summed E-state index contributed by atoms with van der Waals surface area (Å²) >= 11 is 0. The maximum Gasteiger partial charge on any atom is 0.191 e. The zero-order valence-electron chi connectivity index (χ0n) is 10.5. The van der Waals surface area contributed by atoms with Crippen LogP contribution in [0.2, 0.25) is 0 Å². The lowest BCUT2D eigenvalue weighted by Gasteiger charge is -2.30. The van der Waals surface area contributed by atoms with Gasteiger partial charge in [-0.25, -0.2) is 0 Å². The predicted molar refractivity (Wildman–Crippen MR) is 68.5 cm³/mol. The van der Waals surface area contributed by atoms with E-state index < -0.39 is 0 Å². The molecule has 3 heteroatoms. The van der Waals surface area contributed by atoms with Crippen LogP contribution in [0, 0.1) is 5.92 Å². The van der Waals surface area contributed by atoms with Gasteiger partial charge in [0.1, 0.15) is 0 Å². The van der Waals surface area contributed by atoms with E-state index in [1.54, 1.807) is 0 Å². The minimum absolute atomic E-state index is 0.600. The van der Waals surface area contributed by atoms with E-state index in [4.69, 9.17) is 5.73 Å². The topological polar surface area (TPSA) is 41.6 Å². The molecule has 0 bridgehead atoms. The van der Waals surface area contributed by atoms with Crippen molar-refractivity contribution in [1.82, 2.24) is 4.90 Å². The number of hydrogen-bond acceptors (Lipinski definition) is 3. The molecule has 0 aromatic rings. The van der Waals surface area contributed by atoms with E-state index in [2.05, 4.69) is 16.8 Å². The van der Waals surface area contributed by atoms with Crippen LogP contribution < -0.4 is 5.73 Å². The molecule has 0 saturated heterocycles. The fourth-order valence-corrected chi connectivity index (χ4v) is 3.12. The van der Waals surface area contributed by atoms with Crippen LogP contribution in [-0.4, -0.2) is 30.0 Å². The standard InChI is InChI=1S/C13H25N3/c1-2-8-16-12(10-15-13(16)14)9-11-6-4-3-5-7-11/h11-12H,2-10H2,1H3,(H2,14,15). The number of rotatable bonds is 4. The van der Waals surface area contributed by atoms with Crippen LogP contribution in [0.5, 0.6) is 0 Å². The van der Waals surface area contributed by atoms with Crippen LogP contribution in [0.3, 0.4) is 0 Å². The largest absolute Gasteiger partial charge is 0.370 e. The van der Waals surface area contributed by atoms with Gasteiger partial charge in [-0.05, 0) is 18.8 Å². The minimum Gasteiger partial charge on any atom is -0.370 e. The maximum absolute atomic E-state index is 5.94. The van der Waals surface area contributed by atoms with Crippen molar-refractivity contribution in [3.05, 3.63) is 0 Å². The lowest BCUT2D eigenvalue weighted by molar-refractivity contribution is 0.245. The van der Waals surface area contributed by atoms with Gasteiger partial charge in [-0.2, -0.15) is 0 Å². The molecule has 1 atom stereocenters. The van der Waals surface area contributed by atoms with Gasteiger partial charge in [-0.1, -0.05) is 39.0 Å². The molecule has 16 heavy (non-hydrogen) atoms. The highest BCUT2D eigenvalue weighted by atomic mass is 15.3. The Balaban J connectivity index is 1.84. The summed E-state index contributed by atoms with van der Waals surface area (Å²) in [6.45, 7) is 4.22. The lowest BCUT2D eigenvalue weighted by Crippen LogP contribution is -2.42. The number of aliphatic imine (C=N–C) groups is 1. The third-order valence-electron chi connectivity index (χ3n) is 3.99. The summed E-state index contributed by atoms with van der Waals surface area (Å²) in [5.41, 5.74) is 5.94. The van der Waals surface area contributed by atoms with E-state index in [9.17, 15) is 0 Å². The van der Waals surface area contributed by atoms with Crippen molar-refractivity contribution in [2.45, 2.75) is 57.9 Å². The molecule has 1 unspecified atom stereocenters. The molecule has 0 aromatic heterocycles. The third-order valence-corrected chi connectivity index (χ3v) is 3.99. The van der Waals surface area contributed by atoms with Crippen molar-refractivity contribution in [2.24, 2.45) is 16.6 Å². The molecule has 2 rings (SSSR count). The van der Waals surface area contributed by atoms with E-state index in [1.807, 2.05) is 0 Å². The first-order valence-corrected chi connectivity index (χ1v) is 6.87. The van der Waals surface area contributed by atoms with Crippen molar-refractivity contribution in [3.8, 4) is 0 Å². The fraction of sp³-hybridized carbons (Fsp3) is 0.923. The Morgan fingerprint density at radius 3 is 2.75 bits per heavy atom. The summed E-state index contributed by atoms with van der Waals surface area (Å²) in [6.07, 6.45) is 9.63. The monoisotopic (exact) mass is 223 g/mol. The molecule has 1 aliphatic carbocycles. The Bertz CT molecular complexity index is 244. The summed E-state index contributed by atoms with van der Waals surface area (Å²) in [5.74, 6) is 1.71. The van der Waals surface area contributed by atoms with Gasteiger partial charge in [-0.15, -0.1) is 0 Å². The highest BCUT2D eigenvalue weighted by molar-refractivity contribution is 5.80. The average molecular weight is 223 g/mol. The molecular weight excluding hydrogens is 198 g/mol. The molecule has 1 heterocycles. The van der Waals surface area contributed by atoms with Crippen molar-refractivity contribution >= 4 is 5.96 Å². The van der Waals surface area contributed by atoms with Crippen LogP contribution in [0.1, 0.15) is 51.9 Å². The van der Waals surface area contributed by atoms with Crippen molar-refractivity contribution < 1.29 is 0 Å². The Kier molecular flexibility index (Phi) is 4.08. The second-order valence-electron chi connectivity index (χ2n) is 5.29. The molecular formula is C13H25N3. The SMILES string of the molecule is CCCN1C(N)=NCC1CC1CCCCC1. The second-order valence-corrected chi connectivity index (χ2v) is 5.29. The van der Waals surface area contributed by atoms with E-state index in [0.717, 1.165) is 31.4 Å². The molecule has 1 aliphatic heterocycles. The Morgan fingerprint density at radius 1 is 1.31 bits per heavy atom. The highest BCUT2D eigenvalue weighted by Gasteiger charge is 2.28. The highest BCUT2D eigenvalue weighted by Crippen LogP contribution is 2.29. The number of hydrogen-bond donors (Lipinski definition) is 1. The van der Waals surface area contributed by atoms with Crippen molar-refractivity contribution in [2.75, 3.05) is 13.1 Å². The van der Waals surface area contributed by atoms with Crippen LogP contribution in [-0.2, 0) is 0 Å². The van der Waals surface area contributed by atoms with E-state index >= 15 is 0 Å². The van der Waals surface area contributed by atoms with E-state index in [1.165, 1.54) is 38.5 Å².